The molecule has 0 saturated heterocycles. The summed E-state index contributed by atoms with van der Waals surface area (Å²) in [4.78, 5) is 25.1. The predicted octanol–water partition coefficient (Wildman–Crippen LogP) is 0.835. The summed E-state index contributed by atoms with van der Waals surface area (Å²) in [5.41, 5.74) is -4.01. The summed E-state index contributed by atoms with van der Waals surface area (Å²) < 4.78 is 5.16. The molecule has 0 saturated carbocycles. The third kappa shape index (κ3) is 1.88. The molecular formula is C17H19NO5. The van der Waals surface area contributed by atoms with Crippen molar-refractivity contribution in [3.63, 3.8) is 0 Å². The van der Waals surface area contributed by atoms with E-state index in [0.29, 0.717) is 0 Å². The fourth-order valence-electron chi connectivity index (χ4n) is 3.22. The third-order valence-electron chi connectivity index (χ3n) is 4.27. The molecule has 0 radical (unpaired) electrons. The van der Waals surface area contributed by atoms with E-state index in [4.69, 9.17) is 4.74 Å². The number of hydrogen-bond donors (Lipinski definition) is 3. The van der Waals surface area contributed by atoms with Crippen LogP contribution in [0.25, 0.3) is 0 Å². The molecule has 1 aliphatic carbocycles. The van der Waals surface area contributed by atoms with Crippen molar-refractivity contribution in [3.05, 3.63) is 46.7 Å². The smallest absolute Gasteiger partial charge is 0.339 e. The Balaban J connectivity index is 2.07. The molecule has 1 aromatic carbocycles. The summed E-state index contributed by atoms with van der Waals surface area (Å²) in [6.07, 6.45) is 0. The predicted molar refractivity (Wildman–Crippen MR) is 81.3 cm³/mol. The molecule has 2 atom stereocenters. The van der Waals surface area contributed by atoms with E-state index in [1.54, 1.807) is 18.2 Å². The summed E-state index contributed by atoms with van der Waals surface area (Å²) in [5, 5.41) is 24.7. The molecule has 2 aliphatic rings. The van der Waals surface area contributed by atoms with Crippen LogP contribution in [-0.4, -0.2) is 34.2 Å². The maximum Gasteiger partial charge on any atom is 0.339 e. The average molecular weight is 317 g/mol. The van der Waals surface area contributed by atoms with Crippen molar-refractivity contribution in [3.8, 4) is 0 Å². The van der Waals surface area contributed by atoms with Crippen molar-refractivity contribution < 1.29 is 24.5 Å². The number of fused-ring (bicyclic) bond motifs is 3. The number of aliphatic hydroxyl groups is 2. The van der Waals surface area contributed by atoms with Gasteiger partial charge in [0.05, 0.1) is 6.61 Å². The van der Waals surface area contributed by atoms with Gasteiger partial charge in [-0.05, 0) is 12.8 Å². The van der Waals surface area contributed by atoms with Crippen molar-refractivity contribution in [1.29, 1.82) is 0 Å². The van der Waals surface area contributed by atoms with Crippen LogP contribution >= 0.6 is 0 Å². The first kappa shape index (κ1) is 15.7. The molecule has 0 unspecified atom stereocenters. The summed E-state index contributed by atoms with van der Waals surface area (Å²) in [6, 6.07) is 6.35. The van der Waals surface area contributed by atoms with E-state index in [0.717, 1.165) is 0 Å². The molecule has 0 aromatic heterocycles. The Hall–Kier alpha value is -2.18. The Morgan fingerprint density at radius 1 is 1.30 bits per heavy atom. The number of hydrogen-bond acceptors (Lipinski definition) is 6. The normalized spacial score (nSPS) is 28.7. The minimum Gasteiger partial charge on any atom is -0.462 e. The number of rotatable bonds is 3. The Bertz CT molecular complexity index is 738. The molecule has 0 amide bonds. The maximum atomic E-state index is 12.7. The second-order valence-corrected chi connectivity index (χ2v) is 6.41. The molecular weight excluding hydrogens is 298 g/mol. The van der Waals surface area contributed by atoms with Gasteiger partial charge in [-0.15, -0.1) is 0 Å². The lowest BCUT2D eigenvalue weighted by Gasteiger charge is -2.32. The largest absolute Gasteiger partial charge is 0.462 e. The quantitative estimate of drug-likeness (QED) is 0.715. The standard InChI is InChI=1S/C17H19NO5/c1-9(2)8-23-15(20)13-10(3)18-17(22)12-7-5-4-6-11(12)14(19)16(13,17)21/h4-7,9,18,21-22H,8H2,1-3H3/t16-,17+/m1/s1. The topological polar surface area (TPSA) is 95.9 Å². The van der Waals surface area contributed by atoms with Crippen LogP contribution in [0, 0.1) is 5.92 Å². The summed E-state index contributed by atoms with van der Waals surface area (Å²) in [5.74, 6) is -1.40. The summed E-state index contributed by atoms with van der Waals surface area (Å²) >= 11 is 0. The number of esters is 1. The zero-order valence-electron chi connectivity index (χ0n) is 13.2. The van der Waals surface area contributed by atoms with Crippen molar-refractivity contribution in [2.24, 2.45) is 5.92 Å². The lowest BCUT2D eigenvalue weighted by atomic mass is 9.85. The molecule has 1 aromatic rings. The number of carbonyl (C=O) groups excluding carboxylic acids is 2. The number of ketones is 1. The first-order chi connectivity index (χ1) is 10.7. The van der Waals surface area contributed by atoms with Crippen LogP contribution in [-0.2, 0) is 15.3 Å². The lowest BCUT2D eigenvalue weighted by molar-refractivity contribution is -0.147. The molecule has 6 heteroatoms. The monoisotopic (exact) mass is 317 g/mol. The SMILES string of the molecule is CC1=C(C(=O)OCC(C)C)[C@@]2(O)C(=O)c3ccccc3[C@@]2(O)N1. The molecule has 0 spiro atoms. The van der Waals surface area contributed by atoms with Crippen LogP contribution in [0.4, 0.5) is 0 Å². The van der Waals surface area contributed by atoms with E-state index in [2.05, 4.69) is 5.32 Å². The van der Waals surface area contributed by atoms with Gasteiger partial charge in [0.25, 0.3) is 0 Å². The molecule has 3 rings (SSSR count). The van der Waals surface area contributed by atoms with Gasteiger partial charge in [0, 0.05) is 16.8 Å². The fourth-order valence-corrected chi connectivity index (χ4v) is 3.22. The highest BCUT2D eigenvalue weighted by atomic mass is 16.5. The molecule has 3 N–H and O–H groups in total. The Labute approximate surface area is 133 Å². The zero-order valence-corrected chi connectivity index (χ0v) is 13.2. The first-order valence-electron chi connectivity index (χ1n) is 7.49. The molecule has 23 heavy (non-hydrogen) atoms. The highest BCUT2D eigenvalue weighted by Gasteiger charge is 2.70. The molecule has 0 bridgehead atoms. The minimum absolute atomic E-state index is 0.110. The number of nitrogens with one attached hydrogen (secondary N) is 1. The Morgan fingerprint density at radius 2 is 1.96 bits per heavy atom. The van der Waals surface area contributed by atoms with Crippen molar-refractivity contribution >= 4 is 11.8 Å². The number of ether oxygens (including phenoxy) is 1. The second kappa shape index (κ2) is 4.91. The molecule has 1 heterocycles. The van der Waals surface area contributed by atoms with E-state index >= 15 is 0 Å². The van der Waals surface area contributed by atoms with Crippen LogP contribution in [0.15, 0.2) is 35.5 Å². The first-order valence-corrected chi connectivity index (χ1v) is 7.49. The Kier molecular flexibility index (Phi) is 3.35. The second-order valence-electron chi connectivity index (χ2n) is 6.41. The zero-order chi connectivity index (χ0) is 17.0. The Morgan fingerprint density at radius 3 is 2.61 bits per heavy atom. The lowest BCUT2D eigenvalue weighted by Crippen LogP contribution is -2.56. The van der Waals surface area contributed by atoms with E-state index in [9.17, 15) is 19.8 Å². The van der Waals surface area contributed by atoms with Crippen LogP contribution in [0.5, 0.6) is 0 Å². The van der Waals surface area contributed by atoms with E-state index in [1.807, 2.05) is 13.8 Å². The van der Waals surface area contributed by atoms with Crippen LogP contribution < -0.4 is 5.32 Å². The minimum atomic E-state index is -2.38. The van der Waals surface area contributed by atoms with Gasteiger partial charge in [-0.3, -0.25) is 4.79 Å². The number of allylic oxidation sites excluding steroid dienone is 1. The molecule has 6 nitrogen and oxygen atoms in total. The van der Waals surface area contributed by atoms with Gasteiger partial charge in [-0.1, -0.05) is 38.1 Å². The van der Waals surface area contributed by atoms with Crippen LogP contribution in [0.3, 0.4) is 0 Å². The number of carbonyl (C=O) groups is 2. The van der Waals surface area contributed by atoms with Crippen molar-refractivity contribution in [2.45, 2.75) is 32.1 Å². The summed E-state index contributed by atoms with van der Waals surface area (Å²) in [6.45, 7) is 5.44. The van der Waals surface area contributed by atoms with Crippen molar-refractivity contribution in [1.82, 2.24) is 5.32 Å². The van der Waals surface area contributed by atoms with Crippen LogP contribution in [0.2, 0.25) is 0 Å². The number of benzene rings is 1. The summed E-state index contributed by atoms with van der Waals surface area (Å²) in [7, 11) is 0. The van der Waals surface area contributed by atoms with Gasteiger partial charge in [-0.2, -0.15) is 0 Å². The van der Waals surface area contributed by atoms with Crippen molar-refractivity contribution in [2.75, 3.05) is 6.61 Å². The fraction of sp³-hybridized carbons (Fsp3) is 0.412. The van der Waals surface area contributed by atoms with Gasteiger partial charge >= 0.3 is 5.97 Å². The van der Waals surface area contributed by atoms with Gasteiger partial charge in [0.2, 0.25) is 17.1 Å². The van der Waals surface area contributed by atoms with Gasteiger partial charge in [-0.25, -0.2) is 4.79 Å². The van der Waals surface area contributed by atoms with Gasteiger partial charge in [0.1, 0.15) is 5.57 Å². The van der Waals surface area contributed by atoms with Gasteiger partial charge in [0.15, 0.2) is 0 Å². The maximum absolute atomic E-state index is 12.7. The molecule has 1 aliphatic heterocycles. The highest BCUT2D eigenvalue weighted by Crippen LogP contribution is 2.51. The van der Waals surface area contributed by atoms with E-state index < -0.39 is 23.1 Å². The average Bonchev–Trinajstić information content (AvgIpc) is 2.80. The van der Waals surface area contributed by atoms with E-state index in [-0.39, 0.29) is 34.9 Å². The number of Topliss-reactive ketones (excluding diaryl/α,β-unsaturated/α-hetero) is 1. The highest BCUT2D eigenvalue weighted by molar-refractivity contribution is 6.16. The third-order valence-corrected chi connectivity index (χ3v) is 4.27. The molecule has 122 valence electrons. The van der Waals surface area contributed by atoms with Crippen LogP contribution in [0.1, 0.15) is 36.7 Å². The molecule has 0 fully saturated rings. The van der Waals surface area contributed by atoms with E-state index in [1.165, 1.54) is 13.0 Å². The van der Waals surface area contributed by atoms with Gasteiger partial charge < -0.3 is 20.3 Å².